The summed E-state index contributed by atoms with van der Waals surface area (Å²) in [6.45, 7) is 0. The summed E-state index contributed by atoms with van der Waals surface area (Å²) in [5, 5.41) is 5.67. The average molecular weight is 595 g/mol. The van der Waals surface area contributed by atoms with Crippen molar-refractivity contribution in [3.63, 3.8) is 0 Å². The number of benzene rings is 6. The van der Waals surface area contributed by atoms with Crippen LogP contribution in [0.2, 0.25) is 0 Å². The fraction of sp³-hybridized carbons (Fsp3) is 0. The molecule has 0 bridgehead atoms. The zero-order valence-corrected chi connectivity index (χ0v) is 24.4. The van der Waals surface area contributed by atoms with Crippen molar-refractivity contribution in [1.82, 2.24) is 24.3 Å². The first-order chi connectivity index (χ1) is 22.2. The Kier molecular flexibility index (Phi) is 4.99. The van der Waals surface area contributed by atoms with Crippen LogP contribution in [0.15, 0.2) is 120 Å². The number of aromatic nitrogens is 5. The summed E-state index contributed by atoms with van der Waals surface area (Å²) < 4.78 is 2.61. The molecule has 3 aromatic heterocycles. The van der Waals surface area contributed by atoms with Gasteiger partial charge in [0.2, 0.25) is 0 Å². The van der Waals surface area contributed by atoms with Gasteiger partial charge in [0.15, 0.2) is 22.4 Å². The molecule has 0 N–H and O–H groups in total. The van der Waals surface area contributed by atoms with Gasteiger partial charge in [0.1, 0.15) is 0 Å². The third-order valence-corrected chi connectivity index (χ3v) is 9.67. The molecule has 209 valence electrons. The number of fused-ring (bicyclic) bond motifs is 10. The van der Waals surface area contributed by atoms with Gasteiger partial charge in [0, 0.05) is 27.8 Å². The van der Waals surface area contributed by atoms with Crippen molar-refractivity contribution in [2.45, 2.75) is 0 Å². The lowest BCUT2D eigenvalue weighted by Gasteiger charge is -2.10. The highest BCUT2D eigenvalue weighted by Gasteiger charge is 2.25. The smallest absolute Gasteiger partial charge is 0.266 e. The minimum atomic E-state index is -0.0652. The van der Waals surface area contributed by atoms with Gasteiger partial charge in [-0.05, 0) is 69.1 Å². The van der Waals surface area contributed by atoms with Crippen LogP contribution < -0.4 is 5.56 Å². The van der Waals surface area contributed by atoms with Crippen molar-refractivity contribution in [2.24, 2.45) is 0 Å². The maximum atomic E-state index is 13.4. The normalized spacial score (nSPS) is 12.4. The number of hydrogen-bond donors (Lipinski definition) is 0. The highest BCUT2D eigenvalue weighted by Crippen LogP contribution is 2.45. The van der Waals surface area contributed by atoms with Gasteiger partial charge in [0.25, 0.3) is 5.56 Å². The Morgan fingerprint density at radius 1 is 0.511 bits per heavy atom. The van der Waals surface area contributed by atoms with Crippen LogP contribution >= 0.6 is 11.3 Å². The van der Waals surface area contributed by atoms with E-state index >= 15 is 0 Å². The molecule has 1 aliphatic carbocycles. The van der Waals surface area contributed by atoms with Crippen LogP contribution in [0.4, 0.5) is 0 Å². The van der Waals surface area contributed by atoms with E-state index < -0.39 is 0 Å². The summed E-state index contributed by atoms with van der Waals surface area (Å²) >= 11 is 1.51. The molecular formula is C38H20N5OS. The Balaban J connectivity index is 1.17. The molecule has 3 heterocycles. The molecule has 0 spiro atoms. The molecule has 0 saturated heterocycles. The van der Waals surface area contributed by atoms with Crippen LogP contribution in [0, 0.1) is 6.42 Å². The Labute approximate surface area is 259 Å². The van der Waals surface area contributed by atoms with E-state index in [4.69, 9.17) is 19.9 Å². The van der Waals surface area contributed by atoms with Crippen molar-refractivity contribution < 1.29 is 0 Å². The predicted octanol–water partition coefficient (Wildman–Crippen LogP) is 8.47. The Morgan fingerprint density at radius 2 is 1.13 bits per heavy atom. The third-order valence-electron chi connectivity index (χ3n) is 8.64. The molecule has 0 aliphatic heterocycles. The van der Waals surface area contributed by atoms with Gasteiger partial charge in [-0.1, -0.05) is 90.2 Å². The van der Waals surface area contributed by atoms with E-state index in [0.29, 0.717) is 27.8 Å². The van der Waals surface area contributed by atoms with E-state index in [-0.39, 0.29) is 5.56 Å². The maximum Gasteiger partial charge on any atom is 0.266 e. The molecule has 0 saturated carbocycles. The van der Waals surface area contributed by atoms with Crippen LogP contribution in [0.1, 0.15) is 11.1 Å². The summed E-state index contributed by atoms with van der Waals surface area (Å²) in [4.78, 5) is 33.8. The molecule has 0 fully saturated rings. The standard InChI is InChI=1S/C38H20N5OS/c44-37-27-12-6-7-13-33(27)45-38-39-31-19-23(15-17-32(31)43(37)38)36-41-34(21-8-2-1-3-9-21)40-35(42-36)22-14-16-26-24-10-4-5-11-25(24)29-20-30(29)28(26)18-22/h1-20H. The third kappa shape index (κ3) is 3.71. The molecule has 10 rings (SSSR count). The Bertz CT molecular complexity index is 2770. The van der Waals surface area contributed by atoms with Crippen LogP contribution in [-0.4, -0.2) is 24.3 Å². The first kappa shape index (κ1) is 24.6. The van der Waals surface area contributed by atoms with Crippen LogP contribution in [0.5, 0.6) is 0 Å². The monoisotopic (exact) mass is 594 g/mol. The molecule has 0 atom stereocenters. The SMILES string of the molecule is O=c1c2ccccc2sc2nc3cc(-c4nc(-c5ccccc5)nc(-c5ccc6c(c5)c5c(c7ccccc76)[CH]5)n4)ccc3n12. The highest BCUT2D eigenvalue weighted by atomic mass is 32.1. The maximum absolute atomic E-state index is 13.4. The summed E-state index contributed by atoms with van der Waals surface area (Å²) in [5.41, 5.74) is 6.66. The lowest BCUT2D eigenvalue weighted by Crippen LogP contribution is -2.11. The van der Waals surface area contributed by atoms with Gasteiger partial charge < -0.3 is 0 Å². The largest absolute Gasteiger partial charge is 0.268 e. The molecule has 6 aromatic carbocycles. The molecule has 0 amide bonds. The van der Waals surface area contributed by atoms with Gasteiger partial charge in [-0.2, -0.15) is 0 Å². The molecular weight excluding hydrogens is 575 g/mol. The summed E-state index contributed by atoms with van der Waals surface area (Å²) in [6, 6.07) is 38.5. The van der Waals surface area contributed by atoms with E-state index in [1.807, 2.05) is 72.8 Å². The van der Waals surface area contributed by atoms with Crippen LogP contribution in [0.25, 0.3) is 81.8 Å². The van der Waals surface area contributed by atoms with Crippen LogP contribution in [0.3, 0.4) is 0 Å². The van der Waals surface area contributed by atoms with E-state index in [2.05, 4.69) is 48.9 Å². The molecule has 1 aliphatic rings. The molecule has 0 unspecified atom stereocenters. The lowest BCUT2D eigenvalue weighted by atomic mass is 10.00. The Hall–Kier alpha value is -5.79. The number of nitrogens with zero attached hydrogens (tertiary/aromatic N) is 5. The fourth-order valence-electron chi connectivity index (χ4n) is 6.41. The number of imidazole rings is 1. The zero-order chi connectivity index (χ0) is 29.6. The molecule has 6 nitrogen and oxygen atoms in total. The molecule has 9 aromatic rings. The minimum Gasteiger partial charge on any atom is -0.268 e. The fourth-order valence-corrected chi connectivity index (χ4v) is 7.44. The Morgan fingerprint density at radius 3 is 1.96 bits per heavy atom. The van der Waals surface area contributed by atoms with Crippen molar-refractivity contribution >= 4 is 59.0 Å². The molecule has 1 radical (unpaired) electrons. The van der Waals surface area contributed by atoms with Gasteiger partial charge in [-0.3, -0.25) is 4.79 Å². The second-order valence-electron chi connectivity index (χ2n) is 11.3. The van der Waals surface area contributed by atoms with Crippen LogP contribution in [-0.2, 0) is 0 Å². The molecule has 7 heteroatoms. The average Bonchev–Trinajstić information content (AvgIpc) is 3.83. The van der Waals surface area contributed by atoms with Gasteiger partial charge in [-0.25, -0.2) is 24.3 Å². The van der Waals surface area contributed by atoms with E-state index in [0.717, 1.165) is 32.4 Å². The first-order valence-electron chi connectivity index (χ1n) is 14.7. The van der Waals surface area contributed by atoms with E-state index in [1.165, 1.54) is 44.0 Å². The predicted molar refractivity (Wildman–Crippen MR) is 182 cm³/mol. The van der Waals surface area contributed by atoms with Gasteiger partial charge >= 0.3 is 0 Å². The quantitative estimate of drug-likeness (QED) is 0.192. The van der Waals surface area contributed by atoms with E-state index in [1.54, 1.807) is 4.40 Å². The van der Waals surface area contributed by atoms with E-state index in [9.17, 15) is 4.79 Å². The summed E-state index contributed by atoms with van der Waals surface area (Å²) in [6.07, 6.45) is 2.25. The lowest BCUT2D eigenvalue weighted by molar-refractivity contribution is 1.07. The topological polar surface area (TPSA) is 73.0 Å². The van der Waals surface area contributed by atoms with Crippen molar-refractivity contribution in [3.8, 4) is 34.2 Å². The van der Waals surface area contributed by atoms with Crippen molar-refractivity contribution in [1.29, 1.82) is 0 Å². The van der Waals surface area contributed by atoms with Crippen molar-refractivity contribution in [3.05, 3.63) is 143 Å². The van der Waals surface area contributed by atoms with Crippen molar-refractivity contribution in [2.75, 3.05) is 0 Å². The minimum absolute atomic E-state index is 0.0652. The van der Waals surface area contributed by atoms with Gasteiger partial charge in [-0.15, -0.1) is 0 Å². The second kappa shape index (κ2) is 9.11. The number of rotatable bonds is 3. The molecule has 45 heavy (non-hydrogen) atoms. The number of hydrogen-bond acceptors (Lipinski definition) is 6. The first-order valence-corrected chi connectivity index (χ1v) is 15.5. The zero-order valence-electron chi connectivity index (χ0n) is 23.6. The summed E-state index contributed by atoms with van der Waals surface area (Å²) in [5.74, 6) is 1.76. The second-order valence-corrected chi connectivity index (χ2v) is 12.3. The van der Waals surface area contributed by atoms with Gasteiger partial charge in [0.05, 0.1) is 16.4 Å². The highest BCUT2D eigenvalue weighted by molar-refractivity contribution is 7.23. The summed E-state index contributed by atoms with van der Waals surface area (Å²) in [7, 11) is 0.